The molecule has 0 amide bonds. The molecular formula is C89H130N9O3Pd3-3. The maximum atomic E-state index is 11.0. The average Bonchev–Trinajstić information content (AvgIpc) is 0.793. The second-order valence-electron chi connectivity index (χ2n) is 33.6. The van der Waals surface area contributed by atoms with E-state index in [0.717, 1.165) is 76.1 Å². The molecule has 0 bridgehead atoms. The van der Waals surface area contributed by atoms with E-state index in [-0.39, 0.29) is 111 Å². The van der Waals surface area contributed by atoms with Crippen molar-refractivity contribution in [2.24, 2.45) is 30.7 Å². The molecule has 0 heterocycles. The van der Waals surface area contributed by atoms with Crippen molar-refractivity contribution in [3.8, 4) is 35.5 Å². The number of nitriles is 3. The number of hydrogen-bond donors (Lipinski definition) is 3. The van der Waals surface area contributed by atoms with Crippen molar-refractivity contribution < 1.29 is 76.6 Å². The number of aromatic hydroxyl groups is 3. The van der Waals surface area contributed by atoms with Gasteiger partial charge in [-0.15, -0.1) is 48.9 Å². The van der Waals surface area contributed by atoms with Crippen LogP contribution in [0, 0.1) is 53.3 Å². The summed E-state index contributed by atoms with van der Waals surface area (Å²) in [6, 6.07) is 36.9. The normalized spacial score (nSPS) is 11.6. The zero-order valence-electron chi connectivity index (χ0n) is 69.4. The molecule has 6 aromatic rings. The minimum absolute atomic E-state index is 0. The Morgan fingerprint density at radius 3 is 0.712 bits per heavy atom. The molecule has 0 aliphatic heterocycles. The molecule has 6 rings (SSSR count). The van der Waals surface area contributed by atoms with E-state index in [0.29, 0.717) is 46.7 Å². The number of phenols is 3. The summed E-state index contributed by atoms with van der Waals surface area (Å²) in [7, 11) is 0. The molecule has 0 radical (unpaired) electrons. The van der Waals surface area contributed by atoms with Gasteiger partial charge in [-0.3, -0.25) is 19.3 Å². The van der Waals surface area contributed by atoms with Crippen LogP contribution in [0.3, 0.4) is 0 Å². The van der Waals surface area contributed by atoms with E-state index in [4.69, 9.17) is 26.0 Å². The summed E-state index contributed by atoms with van der Waals surface area (Å²) in [6.45, 7) is 68.3. The third-order valence-corrected chi connectivity index (χ3v) is 16.8. The number of aryl methyl sites for hydroxylation is 1. The molecule has 0 fully saturated rings. The fraction of sp³-hybridized carbons (Fsp3) is 0.528. The molecule has 12 nitrogen and oxygen atoms in total. The molecule has 6 aromatic carbocycles. The van der Waals surface area contributed by atoms with Crippen molar-refractivity contribution in [1.82, 2.24) is 0 Å². The van der Waals surface area contributed by atoms with Gasteiger partial charge in [-0.05, 0) is 137 Å². The Morgan fingerprint density at radius 2 is 0.538 bits per heavy atom. The Hall–Kier alpha value is -6.41. The Bertz CT molecular complexity index is 3580. The number of nitrogens with zero attached hydrogens (tertiary/aromatic N) is 9. The third-order valence-electron chi connectivity index (χ3n) is 16.8. The largest absolute Gasteiger partial charge is 0.505 e. The quantitative estimate of drug-likeness (QED) is 0.0518. The van der Waals surface area contributed by atoms with E-state index in [1.807, 2.05) is 57.2 Å². The minimum Gasteiger partial charge on any atom is -0.505 e. The summed E-state index contributed by atoms with van der Waals surface area (Å²) in [5.74, 6) is 2.43. The Labute approximate surface area is 673 Å². The van der Waals surface area contributed by atoms with Gasteiger partial charge in [0, 0.05) is 78.0 Å². The molecule has 0 aromatic heterocycles. The Balaban J connectivity index is -0.00000132. The molecule has 0 saturated carbocycles. The van der Waals surface area contributed by atoms with Crippen LogP contribution in [0.15, 0.2) is 122 Å². The first-order valence-electron chi connectivity index (χ1n) is 36.5. The van der Waals surface area contributed by atoms with Gasteiger partial charge >= 0.3 is 0 Å². The van der Waals surface area contributed by atoms with Gasteiger partial charge in [-0.1, -0.05) is 294 Å². The molecular weight excluding hydrogens is 1560 g/mol. The second kappa shape index (κ2) is 45.9. The standard InChI is InChI=1S/2C26H38N2O.C25H36N2O.3C4H6N.3Pd/c2*1-16(2)19-12-11-13-20(17(3)4)23(19)28-27-22-15-18(25(5,6)7)14-21(24(22)29)26(8,9)10;1-10-17-12-11-13-19(16(2)3)22(17)27-26-21-15-18(24(4,5)6)14-20(23(21)28)25(7,8)9;3*1-2-3-4-5;;;/h2*11-17,29H,1-10H3;11-16,28H,10H2,1-9H3;3*3H,2H2,1H3;;;/q;;;3*-1;;;. The fourth-order valence-electron chi connectivity index (χ4n) is 10.4. The molecule has 15 heteroatoms. The summed E-state index contributed by atoms with van der Waals surface area (Å²) < 4.78 is 0. The molecule has 0 aliphatic rings. The first-order valence-corrected chi connectivity index (χ1v) is 36.5. The molecule has 582 valence electrons. The first kappa shape index (κ1) is 102. The molecule has 0 aliphatic carbocycles. The zero-order valence-corrected chi connectivity index (χ0v) is 74.1. The summed E-state index contributed by atoms with van der Waals surface area (Å²) in [5, 5.41) is 84.0. The number of unbranched alkanes of at least 4 members (excludes halogenated alkanes) is 3. The minimum atomic E-state index is -0.186. The summed E-state index contributed by atoms with van der Waals surface area (Å²) in [4.78, 5) is 0. The predicted octanol–water partition coefficient (Wildman–Crippen LogP) is 28.8. The number of rotatable bonds is 15. The zero-order chi connectivity index (χ0) is 77.9. The van der Waals surface area contributed by atoms with Gasteiger partial charge in [0.15, 0.2) is 0 Å². The maximum absolute atomic E-state index is 11.0. The van der Waals surface area contributed by atoms with Crippen molar-refractivity contribution in [1.29, 1.82) is 15.8 Å². The molecule has 3 N–H and O–H groups in total. The van der Waals surface area contributed by atoms with Crippen molar-refractivity contribution in [2.45, 2.75) is 309 Å². The second-order valence-corrected chi connectivity index (χ2v) is 33.6. The van der Waals surface area contributed by atoms with E-state index in [1.165, 1.54) is 33.4 Å². The summed E-state index contributed by atoms with van der Waals surface area (Å²) in [5.41, 5.74) is 17.0. The molecule has 0 saturated heterocycles. The molecule has 0 spiro atoms. The van der Waals surface area contributed by atoms with Crippen LogP contribution in [0.1, 0.15) is 337 Å². The van der Waals surface area contributed by atoms with Crippen LogP contribution in [-0.2, 0) is 100 Å². The van der Waals surface area contributed by atoms with Crippen LogP contribution in [0.4, 0.5) is 34.1 Å². The Morgan fingerprint density at radius 1 is 0.327 bits per heavy atom. The fourth-order valence-corrected chi connectivity index (χ4v) is 10.4. The van der Waals surface area contributed by atoms with E-state index >= 15 is 0 Å². The SMILES string of the molecule is CC(C)c1cccc(C(C)C)c1N=Nc1cc(C(C)(C)C)cc(C(C)(C)C)c1O.CC(C)c1cccc(C(C)C)c1N=Nc1cc(C(C)(C)C)cc(C(C)(C)C)c1O.CC[CH-]C#N.CC[CH-]C#N.CC[CH-]C#N.CCc1cccc(C(C)C)c1N=Nc1cc(C(C)(C)C)cc(C(C)(C)C)c1O.[Pd].[Pd].[Pd]. The van der Waals surface area contributed by atoms with Crippen LogP contribution in [0.5, 0.6) is 17.2 Å². The van der Waals surface area contributed by atoms with Crippen molar-refractivity contribution in [3.05, 3.63) is 177 Å². The van der Waals surface area contributed by atoms with Crippen molar-refractivity contribution in [2.75, 3.05) is 0 Å². The number of benzene rings is 6. The molecule has 104 heavy (non-hydrogen) atoms. The molecule has 0 unspecified atom stereocenters. The van der Waals surface area contributed by atoms with Crippen LogP contribution in [-0.4, -0.2) is 15.3 Å². The predicted molar refractivity (Wildman–Crippen MR) is 429 cm³/mol. The summed E-state index contributed by atoms with van der Waals surface area (Å²) >= 11 is 0. The first-order chi connectivity index (χ1) is 46.6. The Kier molecular flexibility index (Phi) is 45.0. The van der Waals surface area contributed by atoms with Gasteiger partial charge < -0.3 is 15.3 Å². The average molecular weight is 1690 g/mol. The molecule has 0 atom stereocenters. The third kappa shape index (κ3) is 32.4. The van der Waals surface area contributed by atoms with Crippen LogP contribution < -0.4 is 0 Å². The monoisotopic (exact) mass is 1690 g/mol. The van der Waals surface area contributed by atoms with Crippen LogP contribution >= 0.6 is 0 Å². The van der Waals surface area contributed by atoms with Crippen molar-refractivity contribution >= 4 is 34.1 Å². The van der Waals surface area contributed by atoms with E-state index in [1.54, 1.807) is 19.3 Å². The number of azo groups is 3. The number of phenolic OH excluding ortho intramolecular Hbond substituents is 3. The van der Waals surface area contributed by atoms with Crippen LogP contribution in [0.25, 0.3) is 0 Å². The van der Waals surface area contributed by atoms with E-state index in [2.05, 4.69) is 294 Å². The topological polar surface area (TPSA) is 206 Å². The van der Waals surface area contributed by atoms with Crippen molar-refractivity contribution in [3.63, 3.8) is 0 Å². The van der Waals surface area contributed by atoms with E-state index in [9.17, 15) is 15.3 Å². The van der Waals surface area contributed by atoms with Gasteiger partial charge in [0.2, 0.25) is 0 Å². The van der Waals surface area contributed by atoms with Gasteiger partial charge in [0.25, 0.3) is 0 Å². The van der Waals surface area contributed by atoms with E-state index < -0.39 is 0 Å². The number of hydrogen-bond acceptors (Lipinski definition) is 12. The maximum Gasteiger partial charge on any atom is 0.146 e. The van der Waals surface area contributed by atoms with Crippen LogP contribution in [0.2, 0.25) is 0 Å². The van der Waals surface area contributed by atoms with Gasteiger partial charge in [0.05, 0.1) is 17.1 Å². The van der Waals surface area contributed by atoms with Gasteiger partial charge in [-0.25, -0.2) is 15.8 Å². The van der Waals surface area contributed by atoms with Gasteiger partial charge in [0.1, 0.15) is 34.3 Å². The smallest absolute Gasteiger partial charge is 0.146 e. The van der Waals surface area contributed by atoms with Gasteiger partial charge in [-0.2, -0.15) is 19.3 Å². The summed E-state index contributed by atoms with van der Waals surface area (Å²) in [6.07, 6.45) is 8.14.